The van der Waals surface area contributed by atoms with Gasteiger partial charge in [-0.05, 0) is 55.0 Å². The number of methoxy groups -OCH3 is 1. The first-order valence-corrected chi connectivity index (χ1v) is 11.4. The van der Waals surface area contributed by atoms with Crippen molar-refractivity contribution in [1.82, 2.24) is 0 Å². The number of alkyl halides is 1. The molecule has 0 heterocycles. The first-order chi connectivity index (χ1) is 15.9. The number of nitrogens with one attached hydrogen (secondary N) is 1. The number of benzene rings is 3. The number of hydrogen-bond acceptors (Lipinski definition) is 6. The summed E-state index contributed by atoms with van der Waals surface area (Å²) in [5.74, 6) is 0.132. The van der Waals surface area contributed by atoms with Gasteiger partial charge in [-0.15, -0.1) is 11.6 Å². The molecule has 0 aromatic heterocycles. The minimum atomic E-state index is -1.88. The molecule has 0 spiro atoms. The van der Waals surface area contributed by atoms with Crippen molar-refractivity contribution in [3.8, 4) is 17.2 Å². The van der Waals surface area contributed by atoms with Gasteiger partial charge >= 0.3 is 0 Å². The monoisotopic (exact) mass is 487 g/mol. The van der Waals surface area contributed by atoms with Crippen molar-refractivity contribution in [2.24, 2.45) is 0 Å². The zero-order chi connectivity index (χ0) is 23.8. The maximum Gasteiger partial charge on any atom is 0.250 e. The Hall–Kier alpha value is -3.36. The predicted molar refractivity (Wildman–Crippen MR) is 126 cm³/mol. The average Bonchev–Trinajstić information content (AvgIpc) is 2.83. The molecule has 172 valence electrons. The maximum atomic E-state index is 12.7. The molecule has 0 aliphatic heterocycles. The highest BCUT2D eigenvalue weighted by Gasteiger charge is 2.22. The van der Waals surface area contributed by atoms with Crippen LogP contribution in [0.5, 0.6) is 17.2 Å². The average molecular weight is 488 g/mol. The highest BCUT2D eigenvalue weighted by Crippen LogP contribution is 2.28. The fourth-order valence-electron chi connectivity index (χ4n) is 2.74. The van der Waals surface area contributed by atoms with E-state index in [-0.39, 0.29) is 10.6 Å². The van der Waals surface area contributed by atoms with Gasteiger partial charge in [0.25, 0.3) is 0 Å². The molecular weight excluding hydrogens is 466 g/mol. The van der Waals surface area contributed by atoms with E-state index in [9.17, 15) is 13.8 Å². The first-order valence-electron chi connectivity index (χ1n) is 9.87. The minimum absolute atomic E-state index is 0.216. The Bertz CT molecular complexity index is 1140. The lowest BCUT2D eigenvalue weighted by Crippen LogP contribution is -2.29. The number of anilines is 1. The number of amides is 1. The molecule has 0 fully saturated rings. The Kier molecular flexibility index (Phi) is 8.46. The Morgan fingerprint density at radius 3 is 2.30 bits per heavy atom. The normalized spacial score (nSPS) is 12.3. The van der Waals surface area contributed by atoms with Gasteiger partial charge < -0.3 is 19.0 Å². The summed E-state index contributed by atoms with van der Waals surface area (Å²) in [5, 5.41) is 1.17. The minimum Gasteiger partial charge on any atom is -0.495 e. The van der Waals surface area contributed by atoms with Crippen LogP contribution in [-0.2, 0) is 27.3 Å². The van der Waals surface area contributed by atoms with Gasteiger partial charge in [0.05, 0.1) is 17.7 Å². The van der Waals surface area contributed by atoms with Crippen LogP contribution in [-0.4, -0.2) is 28.4 Å². The summed E-state index contributed by atoms with van der Waals surface area (Å²) in [4.78, 5) is 23.8. The van der Waals surface area contributed by atoms with Gasteiger partial charge in [-0.1, -0.05) is 30.3 Å². The molecule has 1 N–H and O–H groups in total. The van der Waals surface area contributed by atoms with Crippen LogP contribution in [0.1, 0.15) is 12.5 Å². The second kappa shape index (κ2) is 11.5. The highest BCUT2D eigenvalue weighted by molar-refractivity contribution is 7.80. The van der Waals surface area contributed by atoms with E-state index in [1.165, 1.54) is 26.2 Å². The summed E-state index contributed by atoms with van der Waals surface area (Å²) in [7, 11) is 1.42. The quantitative estimate of drug-likeness (QED) is 0.334. The van der Waals surface area contributed by atoms with Crippen molar-refractivity contribution >= 4 is 40.1 Å². The fourth-order valence-corrected chi connectivity index (χ4v) is 3.57. The third-order valence-corrected chi connectivity index (χ3v) is 5.94. The van der Waals surface area contributed by atoms with Gasteiger partial charge in [0.1, 0.15) is 23.9 Å². The van der Waals surface area contributed by atoms with Gasteiger partial charge in [0.2, 0.25) is 17.0 Å². The number of carbonyl (C=O) groups is 2. The van der Waals surface area contributed by atoms with Crippen LogP contribution >= 0.6 is 11.6 Å². The molecular formula is C24H22ClNO6S. The molecule has 3 rings (SSSR count). The molecule has 7 nitrogen and oxygen atoms in total. The number of ether oxygens (including phenoxy) is 2. The summed E-state index contributed by atoms with van der Waals surface area (Å²) in [6.07, 6.45) is 0. The lowest BCUT2D eigenvalue weighted by Gasteiger charge is -2.13. The Labute approximate surface area is 199 Å². The van der Waals surface area contributed by atoms with Crippen LogP contribution in [0.4, 0.5) is 5.69 Å². The Balaban J connectivity index is 1.65. The van der Waals surface area contributed by atoms with E-state index in [0.717, 1.165) is 5.56 Å². The molecule has 0 bridgehead atoms. The predicted octanol–water partition coefficient (Wildman–Crippen LogP) is 4.51. The summed E-state index contributed by atoms with van der Waals surface area (Å²) in [5.41, 5.74) is 1.26. The van der Waals surface area contributed by atoms with Crippen molar-refractivity contribution in [2.75, 3.05) is 12.4 Å². The van der Waals surface area contributed by atoms with Gasteiger partial charge in [0.15, 0.2) is 11.2 Å². The Morgan fingerprint density at radius 1 is 1.00 bits per heavy atom. The lowest BCUT2D eigenvalue weighted by molar-refractivity contribution is -0.123. The van der Waals surface area contributed by atoms with Gasteiger partial charge in [0, 0.05) is 0 Å². The van der Waals surface area contributed by atoms with Crippen LogP contribution in [0.25, 0.3) is 0 Å². The fraction of sp³-hybridized carbons (Fsp3) is 0.167. The van der Waals surface area contributed by atoms with Crippen LogP contribution < -0.4 is 19.0 Å². The molecule has 0 radical (unpaired) electrons. The molecule has 1 amide bonds. The first kappa shape index (κ1) is 24.3. The molecule has 2 atom stereocenters. The smallest absolute Gasteiger partial charge is 0.250 e. The lowest BCUT2D eigenvalue weighted by atomic mass is 10.2. The maximum absolute atomic E-state index is 12.7. The topological polar surface area (TPSA) is 90.9 Å². The van der Waals surface area contributed by atoms with Crippen LogP contribution in [0.15, 0.2) is 77.7 Å². The van der Waals surface area contributed by atoms with E-state index in [0.29, 0.717) is 23.9 Å². The van der Waals surface area contributed by atoms with Crippen LogP contribution in [0.2, 0.25) is 0 Å². The van der Waals surface area contributed by atoms with Crippen LogP contribution in [0, 0.1) is 0 Å². The van der Waals surface area contributed by atoms with E-state index in [2.05, 4.69) is 5.32 Å². The summed E-state index contributed by atoms with van der Waals surface area (Å²) in [6.45, 7) is 1.64. The summed E-state index contributed by atoms with van der Waals surface area (Å²) >= 11 is 3.92. The van der Waals surface area contributed by atoms with Gasteiger partial charge in [-0.25, -0.2) is 4.21 Å². The van der Waals surface area contributed by atoms with Gasteiger partial charge in [-0.3, -0.25) is 9.59 Å². The van der Waals surface area contributed by atoms with Crippen molar-refractivity contribution in [3.05, 3.63) is 78.4 Å². The third-order valence-electron chi connectivity index (χ3n) is 4.45. The number of carbonyl (C=O) groups excluding carboxylic acids is 2. The number of hydrogen-bond donors (Lipinski definition) is 1. The molecule has 2 unspecified atom stereocenters. The van der Waals surface area contributed by atoms with Gasteiger partial charge in [-0.2, -0.15) is 0 Å². The number of halogens is 1. The van der Waals surface area contributed by atoms with E-state index in [1.807, 2.05) is 30.3 Å². The summed E-state index contributed by atoms with van der Waals surface area (Å²) < 4.78 is 29.2. The number of Topliss-reactive ketones (excluding diaryl/α,β-unsaturated/α-hetero) is 1. The van der Waals surface area contributed by atoms with Crippen molar-refractivity contribution in [3.63, 3.8) is 0 Å². The van der Waals surface area contributed by atoms with E-state index in [4.69, 9.17) is 25.3 Å². The molecule has 0 saturated carbocycles. The molecule has 0 aliphatic rings. The van der Waals surface area contributed by atoms with Crippen molar-refractivity contribution in [2.45, 2.75) is 23.8 Å². The zero-order valence-corrected chi connectivity index (χ0v) is 19.5. The molecule has 0 saturated heterocycles. The number of ketones is 1. The zero-order valence-electron chi connectivity index (χ0n) is 17.9. The second-order valence-electron chi connectivity index (χ2n) is 6.89. The SMILES string of the molecule is COc1ccc(S(=O)Oc2ccc(OCc3ccccc3)cc2)cc1NC(=O)C(Cl)C(C)=O. The van der Waals surface area contributed by atoms with E-state index >= 15 is 0 Å². The Morgan fingerprint density at radius 2 is 1.67 bits per heavy atom. The molecule has 3 aromatic rings. The second-order valence-corrected chi connectivity index (χ2v) is 8.43. The molecule has 9 heteroatoms. The third kappa shape index (κ3) is 6.81. The van der Waals surface area contributed by atoms with Crippen molar-refractivity contribution < 1.29 is 27.5 Å². The number of rotatable bonds is 10. The van der Waals surface area contributed by atoms with Crippen LogP contribution in [0.3, 0.4) is 0 Å². The van der Waals surface area contributed by atoms with Crippen molar-refractivity contribution in [1.29, 1.82) is 0 Å². The highest BCUT2D eigenvalue weighted by atomic mass is 35.5. The summed E-state index contributed by atoms with van der Waals surface area (Å²) in [6, 6.07) is 21.0. The molecule has 0 aliphatic carbocycles. The molecule has 33 heavy (non-hydrogen) atoms. The molecule has 3 aromatic carbocycles. The standard InChI is InChI=1S/C24H22ClNO6S/c1-16(27)23(25)24(28)26-21-14-20(12-13-22(21)30-2)33(29)32-19-10-8-18(9-11-19)31-15-17-6-4-3-5-7-17/h3-14,23H,15H2,1-2H3,(H,26,28). The van der Waals surface area contributed by atoms with E-state index < -0.39 is 28.1 Å². The largest absolute Gasteiger partial charge is 0.495 e. The van der Waals surface area contributed by atoms with E-state index in [1.54, 1.807) is 30.3 Å².